The highest BCUT2D eigenvalue weighted by Gasteiger charge is 2.24. The van der Waals surface area contributed by atoms with E-state index in [1.54, 1.807) is 12.1 Å². The van der Waals surface area contributed by atoms with Gasteiger partial charge in [0.05, 0.1) is 5.57 Å². The van der Waals surface area contributed by atoms with Crippen molar-refractivity contribution in [3.8, 4) is 0 Å². The molecule has 1 aliphatic heterocycles. The first kappa shape index (κ1) is 8.90. The monoisotopic (exact) mass is 202 g/mol. The molecule has 0 amide bonds. The van der Waals surface area contributed by atoms with Crippen molar-refractivity contribution in [1.82, 2.24) is 0 Å². The van der Waals surface area contributed by atoms with Gasteiger partial charge in [0.15, 0.2) is 5.78 Å². The van der Waals surface area contributed by atoms with Crippen LogP contribution in [0.1, 0.15) is 10.4 Å². The number of fused-ring (bicyclic) bond motifs is 1. The summed E-state index contributed by atoms with van der Waals surface area (Å²) < 4.78 is 0. The maximum Gasteiger partial charge on any atom is 0.338 e. The number of Topliss-reactive ketones (excluding diaryl/α,β-unsaturated/α-hetero) is 1. The van der Waals surface area contributed by atoms with Crippen LogP contribution in [0.25, 0.3) is 0 Å². The summed E-state index contributed by atoms with van der Waals surface area (Å²) in [7, 11) is 0.268. The summed E-state index contributed by atoms with van der Waals surface area (Å²) in [5.41, 5.74) is 1.90. The summed E-state index contributed by atoms with van der Waals surface area (Å²) in [4.78, 5) is 22.3. The number of hydrogen-bond donors (Lipinski definition) is 1. The molecule has 3 nitrogen and oxygen atoms in total. The zero-order valence-electron chi connectivity index (χ0n) is 7.15. The summed E-state index contributed by atoms with van der Waals surface area (Å²) in [5.74, 6) is -1.52. The summed E-state index contributed by atoms with van der Waals surface area (Å²) in [6.07, 6.45) is 0. The fraction of sp³-hybridized carbons (Fsp3) is 0. The van der Waals surface area contributed by atoms with Crippen LogP contribution in [0.2, 0.25) is 0 Å². The van der Waals surface area contributed by atoms with E-state index in [0.717, 1.165) is 5.19 Å². The van der Waals surface area contributed by atoms with Crippen LogP contribution < -0.4 is 5.19 Å². The van der Waals surface area contributed by atoms with E-state index in [4.69, 9.17) is 5.11 Å². The fourth-order valence-electron chi connectivity index (χ4n) is 1.33. The van der Waals surface area contributed by atoms with Gasteiger partial charge in [-0.3, -0.25) is 4.79 Å². The van der Waals surface area contributed by atoms with Crippen LogP contribution in [-0.2, 0) is 4.79 Å². The second kappa shape index (κ2) is 3.23. The van der Waals surface area contributed by atoms with Crippen molar-refractivity contribution in [2.75, 3.05) is 0 Å². The van der Waals surface area contributed by atoms with Gasteiger partial charge in [0, 0.05) is 5.56 Å². The normalized spacial score (nSPS) is 14.6. The smallest absolute Gasteiger partial charge is 0.338 e. The Morgan fingerprint density at radius 2 is 2.00 bits per heavy atom. The molecule has 0 bridgehead atoms. The molecule has 2 radical (unpaired) electrons. The molecule has 0 fully saturated rings. The lowest BCUT2D eigenvalue weighted by molar-refractivity contribution is -0.132. The lowest BCUT2D eigenvalue weighted by Crippen LogP contribution is -2.30. The van der Waals surface area contributed by atoms with Crippen molar-refractivity contribution in [1.29, 1.82) is 0 Å². The summed E-state index contributed by atoms with van der Waals surface area (Å²) >= 11 is 0. The zero-order valence-corrected chi connectivity index (χ0v) is 8.15. The van der Waals surface area contributed by atoms with E-state index in [9.17, 15) is 9.59 Å². The molecular formula is C10H6O3Si. The van der Waals surface area contributed by atoms with Crippen LogP contribution in [-0.4, -0.2) is 26.4 Å². The Balaban J connectivity index is 2.50. The molecule has 14 heavy (non-hydrogen) atoms. The Morgan fingerprint density at radius 3 is 2.71 bits per heavy atom. The van der Waals surface area contributed by atoms with Crippen molar-refractivity contribution in [3.05, 3.63) is 41.1 Å². The second-order valence-electron chi connectivity index (χ2n) is 2.88. The molecular weight excluding hydrogens is 196 g/mol. The minimum absolute atomic E-state index is 0.109. The minimum atomic E-state index is -1.14. The molecule has 68 valence electrons. The third kappa shape index (κ3) is 1.29. The Hall–Kier alpha value is -1.68. The van der Waals surface area contributed by atoms with E-state index in [-0.39, 0.29) is 20.9 Å². The number of ketones is 1. The number of carboxylic acids is 1. The first-order valence-corrected chi connectivity index (χ1v) is 5.11. The quantitative estimate of drug-likeness (QED) is 0.522. The first-order valence-electron chi connectivity index (χ1n) is 4.04. The Labute approximate surface area is 82.9 Å². The Kier molecular flexibility index (Phi) is 2.05. The highest BCUT2D eigenvalue weighted by atomic mass is 28.2. The molecule has 0 spiro atoms. The number of carbonyl (C=O) groups excluding carboxylic acids is 1. The maximum absolute atomic E-state index is 11.6. The van der Waals surface area contributed by atoms with Crippen LogP contribution in [0.15, 0.2) is 35.5 Å². The molecule has 0 aromatic heterocycles. The number of carboxylic acid groups (broad SMARTS) is 1. The maximum atomic E-state index is 11.6. The van der Waals surface area contributed by atoms with Crippen LogP contribution >= 0.6 is 0 Å². The van der Waals surface area contributed by atoms with Gasteiger partial charge in [-0.2, -0.15) is 0 Å². The highest BCUT2D eigenvalue weighted by Crippen LogP contribution is 2.10. The van der Waals surface area contributed by atoms with Gasteiger partial charge >= 0.3 is 5.97 Å². The van der Waals surface area contributed by atoms with Gasteiger partial charge in [0.1, 0.15) is 9.52 Å². The van der Waals surface area contributed by atoms with Gasteiger partial charge in [-0.1, -0.05) is 30.0 Å². The third-order valence-corrected chi connectivity index (χ3v) is 3.20. The molecule has 1 aromatic carbocycles. The molecule has 0 atom stereocenters. The summed E-state index contributed by atoms with van der Waals surface area (Å²) in [6.45, 7) is 0. The second-order valence-corrected chi connectivity index (χ2v) is 4.00. The minimum Gasteiger partial charge on any atom is -0.478 e. The number of carbonyl (C=O) groups is 2. The van der Waals surface area contributed by atoms with E-state index in [1.165, 1.54) is 5.70 Å². The SMILES string of the molecule is O=C(O)C1=C[Si]c2ccccc2C1=O. The molecule has 1 heterocycles. The van der Waals surface area contributed by atoms with E-state index in [0.29, 0.717) is 5.56 Å². The standard InChI is InChI=1S/C10H6O3Si/c11-9-6-3-1-2-4-8(6)14-5-7(9)10(12)13/h1-5H,(H,12,13). The lowest BCUT2D eigenvalue weighted by Gasteiger charge is -2.11. The molecule has 0 saturated carbocycles. The summed E-state index contributed by atoms with van der Waals surface area (Å²) in [6, 6.07) is 7.10. The first-order chi connectivity index (χ1) is 6.70. The van der Waals surface area contributed by atoms with Crippen molar-refractivity contribution in [2.45, 2.75) is 0 Å². The van der Waals surface area contributed by atoms with Gasteiger partial charge in [0.25, 0.3) is 0 Å². The van der Waals surface area contributed by atoms with Gasteiger partial charge in [0.2, 0.25) is 0 Å². The number of rotatable bonds is 1. The molecule has 1 aliphatic rings. The Bertz CT molecular complexity index is 448. The summed E-state index contributed by atoms with van der Waals surface area (Å²) in [5, 5.41) is 9.67. The lowest BCUT2D eigenvalue weighted by atomic mass is 10.0. The topological polar surface area (TPSA) is 54.4 Å². The molecule has 2 rings (SSSR count). The average molecular weight is 202 g/mol. The van der Waals surface area contributed by atoms with E-state index in [2.05, 4.69) is 0 Å². The molecule has 0 saturated heterocycles. The van der Waals surface area contributed by atoms with Crippen molar-refractivity contribution in [3.63, 3.8) is 0 Å². The van der Waals surface area contributed by atoms with Crippen LogP contribution in [0.4, 0.5) is 0 Å². The fourth-order valence-corrected chi connectivity index (χ4v) is 2.43. The molecule has 0 aliphatic carbocycles. The van der Waals surface area contributed by atoms with E-state index < -0.39 is 5.97 Å². The largest absolute Gasteiger partial charge is 0.478 e. The van der Waals surface area contributed by atoms with Gasteiger partial charge in [-0.25, -0.2) is 4.79 Å². The highest BCUT2D eigenvalue weighted by molar-refractivity contribution is 6.64. The van der Waals surface area contributed by atoms with Gasteiger partial charge < -0.3 is 5.11 Å². The van der Waals surface area contributed by atoms with Crippen molar-refractivity contribution in [2.24, 2.45) is 0 Å². The molecule has 0 unspecified atom stereocenters. The molecule has 4 heteroatoms. The van der Waals surface area contributed by atoms with E-state index in [1.807, 2.05) is 12.1 Å². The van der Waals surface area contributed by atoms with Crippen LogP contribution in [0, 0.1) is 0 Å². The number of hydrogen-bond acceptors (Lipinski definition) is 2. The number of benzene rings is 1. The number of aliphatic carboxylic acids is 1. The van der Waals surface area contributed by atoms with Crippen molar-refractivity contribution < 1.29 is 14.7 Å². The van der Waals surface area contributed by atoms with Crippen molar-refractivity contribution >= 4 is 26.5 Å². The average Bonchev–Trinajstić information content (AvgIpc) is 2.18. The zero-order chi connectivity index (χ0) is 10.1. The van der Waals surface area contributed by atoms with Gasteiger partial charge in [-0.05, 0) is 5.19 Å². The third-order valence-electron chi connectivity index (χ3n) is 2.02. The molecule has 1 N–H and O–H groups in total. The van der Waals surface area contributed by atoms with E-state index >= 15 is 0 Å². The Morgan fingerprint density at radius 1 is 1.29 bits per heavy atom. The predicted molar refractivity (Wildman–Crippen MR) is 51.9 cm³/mol. The van der Waals surface area contributed by atoms with Gasteiger partial charge in [-0.15, -0.1) is 0 Å². The van der Waals surface area contributed by atoms with Crippen LogP contribution in [0.5, 0.6) is 0 Å². The predicted octanol–water partition coefficient (Wildman–Crippen LogP) is 0.181. The molecule has 1 aromatic rings. The van der Waals surface area contributed by atoms with Crippen LogP contribution in [0.3, 0.4) is 0 Å².